The molecule has 0 bridgehead atoms. The van der Waals surface area contributed by atoms with Crippen molar-refractivity contribution in [2.75, 3.05) is 13.3 Å². The van der Waals surface area contributed by atoms with E-state index in [0.717, 1.165) is 5.71 Å². The molecule has 0 rings (SSSR count). The van der Waals surface area contributed by atoms with Gasteiger partial charge in [0.2, 0.25) is 0 Å². The van der Waals surface area contributed by atoms with Gasteiger partial charge in [-0.3, -0.25) is 4.99 Å². The van der Waals surface area contributed by atoms with Gasteiger partial charge in [-0.25, -0.2) is 4.39 Å². The van der Waals surface area contributed by atoms with Crippen LogP contribution < -0.4 is 0 Å². The van der Waals surface area contributed by atoms with Crippen LogP contribution in [0.1, 0.15) is 13.8 Å². The number of hydrogen-bond donors (Lipinski definition) is 0. The van der Waals surface area contributed by atoms with Gasteiger partial charge in [0.15, 0.2) is 0 Å². The molecule has 0 spiro atoms. The van der Waals surface area contributed by atoms with Crippen molar-refractivity contribution in [1.29, 1.82) is 0 Å². The van der Waals surface area contributed by atoms with Gasteiger partial charge in [0.25, 0.3) is 0 Å². The van der Waals surface area contributed by atoms with Crippen molar-refractivity contribution < 1.29 is 9.13 Å². The summed E-state index contributed by atoms with van der Waals surface area (Å²) in [6.45, 7) is 6.71. The van der Waals surface area contributed by atoms with Gasteiger partial charge in [0.05, 0.1) is 6.20 Å². The fourth-order valence-corrected chi connectivity index (χ4v) is 0.482. The molecule has 0 unspecified atom stereocenters. The molecule has 0 N–H and O–H groups in total. The van der Waals surface area contributed by atoms with Crippen LogP contribution >= 0.6 is 0 Å². The van der Waals surface area contributed by atoms with Gasteiger partial charge in [-0.15, -0.1) is 0 Å². The molecule has 0 aromatic rings. The summed E-state index contributed by atoms with van der Waals surface area (Å²) in [5.74, 6) is 0.605. The van der Waals surface area contributed by atoms with Gasteiger partial charge < -0.3 is 4.74 Å². The first-order valence-electron chi connectivity index (χ1n) is 3.73. The van der Waals surface area contributed by atoms with Gasteiger partial charge in [-0.05, 0) is 19.9 Å². The van der Waals surface area contributed by atoms with Gasteiger partial charge in [0.1, 0.15) is 19.0 Å². The summed E-state index contributed by atoms with van der Waals surface area (Å²) in [4.78, 5) is 3.98. The topological polar surface area (TPSA) is 21.6 Å². The molecule has 0 heterocycles. The highest BCUT2D eigenvalue weighted by atomic mass is 19.1. The van der Waals surface area contributed by atoms with Crippen LogP contribution in [-0.4, -0.2) is 19.0 Å². The smallest absolute Gasteiger partial charge is 0.123 e. The molecule has 0 amide bonds. The van der Waals surface area contributed by atoms with E-state index in [0.29, 0.717) is 5.76 Å². The maximum Gasteiger partial charge on any atom is 0.123 e. The molecule has 0 aliphatic rings. The molecule has 68 valence electrons. The normalized spacial score (nSPS) is 12.9. The van der Waals surface area contributed by atoms with Crippen LogP contribution in [0.15, 0.2) is 29.6 Å². The van der Waals surface area contributed by atoms with E-state index in [4.69, 9.17) is 4.74 Å². The zero-order valence-corrected chi connectivity index (χ0v) is 7.51. The molecule has 0 saturated carbocycles. The molecule has 0 atom stereocenters. The van der Waals surface area contributed by atoms with Crippen LogP contribution in [0.25, 0.3) is 0 Å². The second-order valence-electron chi connectivity index (χ2n) is 2.25. The Morgan fingerprint density at radius 1 is 1.58 bits per heavy atom. The Kier molecular flexibility index (Phi) is 5.97. The van der Waals surface area contributed by atoms with Crippen LogP contribution in [0, 0.1) is 0 Å². The number of nitrogens with zero attached hydrogens (tertiary/aromatic N) is 1. The van der Waals surface area contributed by atoms with E-state index in [1.165, 1.54) is 0 Å². The van der Waals surface area contributed by atoms with Crippen molar-refractivity contribution >= 4 is 5.71 Å². The Morgan fingerprint density at radius 3 is 2.75 bits per heavy atom. The quantitative estimate of drug-likeness (QED) is 0.460. The predicted octanol–water partition coefficient (Wildman–Crippen LogP) is 2.48. The summed E-state index contributed by atoms with van der Waals surface area (Å²) in [7, 11) is 0. The Bertz CT molecular complexity index is 197. The molecular formula is C9H14FNO. The summed E-state index contributed by atoms with van der Waals surface area (Å²) in [6, 6.07) is 0. The van der Waals surface area contributed by atoms with Gasteiger partial charge in [0, 0.05) is 5.71 Å². The molecule has 0 aliphatic heterocycles. The number of alkyl halides is 1. The van der Waals surface area contributed by atoms with Gasteiger partial charge in [-0.1, -0.05) is 6.58 Å². The number of hydrogen-bond acceptors (Lipinski definition) is 2. The first-order valence-corrected chi connectivity index (χ1v) is 3.73. The van der Waals surface area contributed by atoms with Crippen molar-refractivity contribution in [3.63, 3.8) is 0 Å². The van der Waals surface area contributed by atoms with Gasteiger partial charge >= 0.3 is 0 Å². The third-order valence-electron chi connectivity index (χ3n) is 1.15. The van der Waals surface area contributed by atoms with Crippen molar-refractivity contribution in [1.82, 2.24) is 0 Å². The monoisotopic (exact) mass is 171 g/mol. The second-order valence-corrected chi connectivity index (χ2v) is 2.25. The molecule has 0 aliphatic carbocycles. The Balaban J connectivity index is 3.90. The highest BCUT2D eigenvalue weighted by Gasteiger charge is 1.87. The number of aliphatic imine (C=N–C) groups is 1. The standard InChI is InChI=1S/C9H14FNO/c1-4-8(2)11-7-9(3)12-6-5-10/h4,7H,1,5-6H2,2-3H3/b9-7+,11-8?. The van der Waals surface area contributed by atoms with Crippen molar-refractivity contribution in [3.8, 4) is 0 Å². The number of allylic oxidation sites excluding steroid dienone is 2. The number of rotatable bonds is 5. The van der Waals surface area contributed by atoms with E-state index in [1.54, 1.807) is 19.2 Å². The number of halogens is 1. The highest BCUT2D eigenvalue weighted by Crippen LogP contribution is 1.96. The minimum absolute atomic E-state index is 0.0883. The van der Waals surface area contributed by atoms with Gasteiger partial charge in [-0.2, -0.15) is 0 Å². The predicted molar refractivity (Wildman–Crippen MR) is 49.0 cm³/mol. The zero-order valence-electron chi connectivity index (χ0n) is 7.51. The minimum Gasteiger partial charge on any atom is -0.494 e. The zero-order chi connectivity index (χ0) is 9.40. The van der Waals surface area contributed by atoms with E-state index >= 15 is 0 Å². The summed E-state index contributed by atoms with van der Waals surface area (Å²) in [5.41, 5.74) is 0.804. The summed E-state index contributed by atoms with van der Waals surface area (Å²) < 4.78 is 16.5. The van der Waals surface area contributed by atoms with Crippen LogP contribution in [0.3, 0.4) is 0 Å². The maximum atomic E-state index is 11.6. The van der Waals surface area contributed by atoms with E-state index < -0.39 is 6.67 Å². The third kappa shape index (κ3) is 5.65. The second kappa shape index (κ2) is 6.58. The largest absolute Gasteiger partial charge is 0.494 e. The third-order valence-corrected chi connectivity index (χ3v) is 1.15. The minimum atomic E-state index is -0.477. The fourth-order valence-electron chi connectivity index (χ4n) is 0.482. The molecule has 0 aromatic carbocycles. The summed E-state index contributed by atoms with van der Waals surface area (Å²) >= 11 is 0. The first-order chi connectivity index (χ1) is 5.70. The van der Waals surface area contributed by atoms with Crippen LogP contribution in [-0.2, 0) is 4.74 Å². The van der Waals surface area contributed by atoms with E-state index in [-0.39, 0.29) is 6.61 Å². The number of ether oxygens (including phenoxy) is 1. The summed E-state index contributed by atoms with van der Waals surface area (Å²) in [6.07, 6.45) is 3.19. The molecule has 0 aromatic heterocycles. The van der Waals surface area contributed by atoms with Crippen molar-refractivity contribution in [2.24, 2.45) is 4.99 Å². The molecular weight excluding hydrogens is 157 g/mol. The average molecular weight is 171 g/mol. The molecule has 12 heavy (non-hydrogen) atoms. The Labute approximate surface area is 72.5 Å². The van der Waals surface area contributed by atoms with E-state index in [9.17, 15) is 4.39 Å². The molecule has 0 saturated heterocycles. The lowest BCUT2D eigenvalue weighted by molar-refractivity contribution is 0.188. The summed E-state index contributed by atoms with van der Waals surface area (Å²) in [5, 5.41) is 0. The Hall–Kier alpha value is -1.12. The average Bonchev–Trinajstić information content (AvgIpc) is 2.10. The van der Waals surface area contributed by atoms with Crippen LogP contribution in [0.2, 0.25) is 0 Å². The van der Waals surface area contributed by atoms with Crippen LogP contribution in [0.4, 0.5) is 4.39 Å². The molecule has 0 fully saturated rings. The SMILES string of the molecule is C=CC(C)=N/C=C(\C)OCCF. The van der Waals surface area contributed by atoms with Crippen LogP contribution in [0.5, 0.6) is 0 Å². The maximum absolute atomic E-state index is 11.6. The highest BCUT2D eigenvalue weighted by molar-refractivity contribution is 5.92. The van der Waals surface area contributed by atoms with E-state index in [2.05, 4.69) is 11.6 Å². The Morgan fingerprint density at radius 2 is 2.25 bits per heavy atom. The molecule has 0 radical (unpaired) electrons. The lowest BCUT2D eigenvalue weighted by Gasteiger charge is -2.00. The molecule has 3 heteroatoms. The molecule has 2 nitrogen and oxygen atoms in total. The van der Waals surface area contributed by atoms with E-state index in [1.807, 2.05) is 6.92 Å². The fraction of sp³-hybridized carbons (Fsp3) is 0.444. The lowest BCUT2D eigenvalue weighted by atomic mass is 10.4. The lowest BCUT2D eigenvalue weighted by Crippen LogP contribution is -1.93. The van der Waals surface area contributed by atoms with Crippen molar-refractivity contribution in [3.05, 3.63) is 24.6 Å². The van der Waals surface area contributed by atoms with Crippen molar-refractivity contribution in [2.45, 2.75) is 13.8 Å². The first kappa shape index (κ1) is 10.9.